The van der Waals surface area contributed by atoms with E-state index in [1.54, 1.807) is 24.4 Å². The first-order valence-corrected chi connectivity index (χ1v) is 10.2. The van der Waals surface area contributed by atoms with Crippen LogP contribution in [-0.2, 0) is 11.3 Å². The molecule has 30 heavy (non-hydrogen) atoms. The molecule has 1 N–H and O–H groups in total. The summed E-state index contributed by atoms with van der Waals surface area (Å²) < 4.78 is 12.0. The van der Waals surface area contributed by atoms with Crippen LogP contribution in [0.3, 0.4) is 0 Å². The van der Waals surface area contributed by atoms with Crippen LogP contribution in [0.4, 0.5) is 0 Å². The Morgan fingerprint density at radius 1 is 1.33 bits per heavy atom. The summed E-state index contributed by atoms with van der Waals surface area (Å²) in [6.07, 6.45) is 1.42. The average Bonchev–Trinajstić information content (AvgIpc) is 3.39. The van der Waals surface area contributed by atoms with E-state index < -0.39 is 12.1 Å². The number of nitrogens with zero attached hydrogens (tertiary/aromatic N) is 3. The summed E-state index contributed by atoms with van der Waals surface area (Å²) in [5, 5.41) is 6.26. The van der Waals surface area contributed by atoms with Gasteiger partial charge in [0.1, 0.15) is 10.6 Å². The smallest absolute Gasteiger partial charge is 0.359 e. The van der Waals surface area contributed by atoms with E-state index in [4.69, 9.17) is 9.15 Å². The highest BCUT2D eigenvalue weighted by molar-refractivity contribution is 7.17. The molecule has 154 valence electrons. The monoisotopic (exact) mass is 426 g/mol. The van der Waals surface area contributed by atoms with Gasteiger partial charge in [0.15, 0.2) is 17.6 Å². The Balaban J connectivity index is 1.60. The van der Waals surface area contributed by atoms with E-state index in [-0.39, 0.29) is 22.6 Å². The third-order valence-electron chi connectivity index (χ3n) is 4.43. The molecule has 10 heteroatoms. The first-order valence-electron chi connectivity index (χ1n) is 9.32. The molecule has 0 aliphatic heterocycles. The molecular formula is C20H18N4O5S. The lowest BCUT2D eigenvalue weighted by atomic mass is 10.2. The van der Waals surface area contributed by atoms with E-state index in [1.807, 2.05) is 6.92 Å². The van der Waals surface area contributed by atoms with Crippen molar-refractivity contribution >= 4 is 27.5 Å². The number of rotatable bonds is 6. The Morgan fingerprint density at radius 3 is 2.90 bits per heavy atom. The van der Waals surface area contributed by atoms with Gasteiger partial charge in [-0.05, 0) is 31.5 Å². The molecule has 0 fully saturated rings. The summed E-state index contributed by atoms with van der Waals surface area (Å²) in [6, 6.07) is 6.11. The number of esters is 1. The molecule has 0 saturated heterocycles. The molecule has 4 heterocycles. The molecule has 1 unspecified atom stereocenters. The molecule has 0 aliphatic rings. The molecule has 4 aromatic rings. The van der Waals surface area contributed by atoms with Crippen LogP contribution in [0, 0.1) is 0 Å². The lowest BCUT2D eigenvalue weighted by Gasteiger charge is -2.12. The van der Waals surface area contributed by atoms with E-state index in [0.29, 0.717) is 34.5 Å². The minimum atomic E-state index is -0.822. The molecule has 0 aliphatic carbocycles. The number of carbonyl (C=O) groups excluding carboxylic acids is 1. The number of ether oxygens (including phenoxy) is 1. The molecule has 0 amide bonds. The van der Waals surface area contributed by atoms with Gasteiger partial charge in [-0.15, -0.1) is 11.3 Å². The van der Waals surface area contributed by atoms with Crippen LogP contribution < -0.4 is 11.1 Å². The Labute approximate surface area is 174 Å². The molecule has 0 spiro atoms. The molecule has 0 saturated carbocycles. The predicted molar refractivity (Wildman–Crippen MR) is 111 cm³/mol. The standard InChI is InChI=1S/C20H18N4O5S/c1-3-8-24-15(25)7-6-13(23-24)20(27)29-11(2)17-21-18(26)16-12(10-30-19(16)22-17)14-5-4-9-28-14/h4-7,9-11H,3,8H2,1-2H3,(H,21,22,26). The lowest BCUT2D eigenvalue weighted by molar-refractivity contribution is 0.0309. The van der Waals surface area contributed by atoms with Gasteiger partial charge >= 0.3 is 5.97 Å². The van der Waals surface area contributed by atoms with Crippen LogP contribution >= 0.6 is 11.3 Å². The minimum Gasteiger partial charge on any atom is -0.464 e. The maximum atomic E-state index is 12.7. The average molecular weight is 426 g/mol. The Hall–Kier alpha value is -3.53. The minimum absolute atomic E-state index is 0.00885. The van der Waals surface area contributed by atoms with Gasteiger partial charge in [-0.1, -0.05) is 6.92 Å². The molecule has 0 radical (unpaired) electrons. The zero-order chi connectivity index (χ0) is 21.3. The number of hydrogen-bond donors (Lipinski definition) is 1. The third kappa shape index (κ3) is 3.69. The van der Waals surface area contributed by atoms with Crippen LogP contribution in [0.25, 0.3) is 21.5 Å². The van der Waals surface area contributed by atoms with Crippen LogP contribution in [0.2, 0.25) is 0 Å². The maximum absolute atomic E-state index is 12.7. The highest BCUT2D eigenvalue weighted by Crippen LogP contribution is 2.31. The highest BCUT2D eigenvalue weighted by atomic mass is 32.1. The van der Waals surface area contributed by atoms with Crippen molar-refractivity contribution in [2.24, 2.45) is 0 Å². The van der Waals surface area contributed by atoms with Crippen molar-refractivity contribution in [3.63, 3.8) is 0 Å². The van der Waals surface area contributed by atoms with Gasteiger partial charge < -0.3 is 14.1 Å². The van der Waals surface area contributed by atoms with Crippen molar-refractivity contribution in [2.45, 2.75) is 32.9 Å². The van der Waals surface area contributed by atoms with E-state index in [2.05, 4.69) is 15.1 Å². The predicted octanol–water partition coefficient (Wildman–Crippen LogP) is 3.13. The van der Waals surface area contributed by atoms with E-state index >= 15 is 0 Å². The zero-order valence-corrected chi connectivity index (χ0v) is 17.1. The quantitative estimate of drug-likeness (QED) is 0.470. The van der Waals surface area contributed by atoms with Gasteiger partial charge in [-0.2, -0.15) is 5.10 Å². The Bertz CT molecular complexity index is 1320. The summed E-state index contributed by atoms with van der Waals surface area (Å²) in [5.74, 6) is 0.0854. The second-order valence-corrected chi connectivity index (χ2v) is 7.44. The SMILES string of the molecule is CCCn1nc(C(=O)OC(C)c2nc3scc(-c4ccco4)c3c(=O)[nH]2)ccc1=O. The third-order valence-corrected chi connectivity index (χ3v) is 5.30. The Morgan fingerprint density at radius 2 is 2.17 bits per heavy atom. The number of aromatic nitrogens is 4. The number of nitrogens with one attached hydrogen (secondary N) is 1. The summed E-state index contributed by atoms with van der Waals surface area (Å²) in [7, 11) is 0. The number of aromatic amines is 1. The highest BCUT2D eigenvalue weighted by Gasteiger charge is 2.21. The van der Waals surface area contributed by atoms with Crippen molar-refractivity contribution in [2.75, 3.05) is 0 Å². The second kappa shape index (κ2) is 8.07. The van der Waals surface area contributed by atoms with Gasteiger partial charge in [-0.3, -0.25) is 9.59 Å². The molecule has 0 aromatic carbocycles. The van der Waals surface area contributed by atoms with Gasteiger partial charge in [0.25, 0.3) is 11.1 Å². The van der Waals surface area contributed by atoms with Gasteiger partial charge in [-0.25, -0.2) is 14.5 Å². The molecule has 0 bridgehead atoms. The first-order chi connectivity index (χ1) is 14.5. The van der Waals surface area contributed by atoms with E-state index in [0.717, 1.165) is 0 Å². The van der Waals surface area contributed by atoms with Crippen molar-refractivity contribution in [1.82, 2.24) is 19.7 Å². The summed E-state index contributed by atoms with van der Waals surface area (Å²) in [6.45, 7) is 3.91. The van der Waals surface area contributed by atoms with E-state index in [1.165, 1.54) is 34.4 Å². The van der Waals surface area contributed by atoms with E-state index in [9.17, 15) is 14.4 Å². The largest absolute Gasteiger partial charge is 0.464 e. The van der Waals surface area contributed by atoms with Crippen LogP contribution in [0.15, 0.2) is 49.9 Å². The fourth-order valence-electron chi connectivity index (χ4n) is 2.98. The zero-order valence-electron chi connectivity index (χ0n) is 16.2. The fraction of sp³-hybridized carbons (Fsp3) is 0.250. The maximum Gasteiger partial charge on any atom is 0.359 e. The van der Waals surface area contributed by atoms with Crippen molar-refractivity contribution < 1.29 is 13.9 Å². The number of thiophene rings is 1. The van der Waals surface area contributed by atoms with Gasteiger partial charge in [0.05, 0.1) is 11.6 Å². The van der Waals surface area contributed by atoms with Crippen LogP contribution in [0.1, 0.15) is 42.7 Å². The number of hydrogen-bond acceptors (Lipinski definition) is 8. The molecule has 1 atom stereocenters. The fourth-order valence-corrected chi connectivity index (χ4v) is 3.91. The second-order valence-electron chi connectivity index (χ2n) is 6.59. The molecule has 4 aromatic heterocycles. The topological polar surface area (TPSA) is 120 Å². The summed E-state index contributed by atoms with van der Waals surface area (Å²) in [5.41, 5.74) is 0.0324. The molecule has 9 nitrogen and oxygen atoms in total. The van der Waals surface area contributed by atoms with Crippen molar-refractivity contribution in [3.05, 3.63) is 68.1 Å². The van der Waals surface area contributed by atoms with Crippen molar-refractivity contribution in [1.29, 1.82) is 0 Å². The summed E-state index contributed by atoms with van der Waals surface area (Å²) in [4.78, 5) is 44.6. The van der Waals surface area contributed by atoms with Crippen molar-refractivity contribution in [3.8, 4) is 11.3 Å². The van der Waals surface area contributed by atoms with Gasteiger partial charge in [0, 0.05) is 23.6 Å². The normalized spacial score (nSPS) is 12.2. The Kier molecular flexibility index (Phi) is 5.32. The lowest BCUT2D eigenvalue weighted by Crippen LogP contribution is -2.25. The number of fused-ring (bicyclic) bond motifs is 1. The molecular weight excluding hydrogens is 408 g/mol. The number of furan rings is 1. The van der Waals surface area contributed by atoms with Crippen LogP contribution in [-0.4, -0.2) is 25.7 Å². The van der Waals surface area contributed by atoms with Gasteiger partial charge in [0.2, 0.25) is 0 Å². The van der Waals surface area contributed by atoms with Crippen LogP contribution in [0.5, 0.6) is 0 Å². The summed E-state index contributed by atoms with van der Waals surface area (Å²) >= 11 is 1.30. The number of H-pyrrole nitrogens is 1. The molecule has 4 rings (SSSR count). The number of aryl methyl sites for hydroxylation is 1. The number of carbonyl (C=O) groups is 1. The first kappa shape index (κ1) is 19.8.